The number of nitrogens with zero attached hydrogens (tertiary/aromatic N) is 1. The first-order chi connectivity index (χ1) is 8.19. The van der Waals surface area contributed by atoms with E-state index in [1.54, 1.807) is 6.92 Å². The molecule has 0 aliphatic heterocycles. The zero-order chi connectivity index (χ0) is 12.7. The Balaban J connectivity index is 2.62. The molecule has 0 aliphatic carbocycles. The van der Waals surface area contributed by atoms with E-state index in [4.69, 9.17) is 9.47 Å². The van der Waals surface area contributed by atoms with Crippen molar-refractivity contribution in [2.45, 2.75) is 13.3 Å². The molecule has 0 fully saturated rings. The fraction of sp³-hybridized carbons (Fsp3) is 0.500. The zero-order valence-corrected chi connectivity index (χ0v) is 9.78. The van der Waals surface area contributed by atoms with Gasteiger partial charge in [0.1, 0.15) is 11.4 Å². The molecule has 0 saturated heterocycles. The average molecular weight is 241 g/mol. The third kappa shape index (κ3) is 3.87. The maximum atomic E-state index is 11.5. The molecule has 17 heavy (non-hydrogen) atoms. The number of hydrogen-bond donors (Lipinski definition) is 2. The normalized spacial score (nSPS) is 10.0. The molecule has 0 spiro atoms. The molecule has 0 saturated carbocycles. The van der Waals surface area contributed by atoms with Crippen molar-refractivity contribution >= 4 is 17.7 Å². The lowest BCUT2D eigenvalue weighted by Gasteiger charge is -2.04. The molecule has 94 valence electrons. The number of aromatic nitrogens is 2. The molecule has 0 atom stereocenters. The maximum absolute atomic E-state index is 11.5. The molecule has 0 radical (unpaired) electrons. The van der Waals surface area contributed by atoms with Gasteiger partial charge in [0.15, 0.2) is 0 Å². The van der Waals surface area contributed by atoms with E-state index in [1.807, 2.05) is 0 Å². The Bertz CT molecular complexity index is 389. The lowest BCUT2D eigenvalue weighted by atomic mass is 10.3. The summed E-state index contributed by atoms with van der Waals surface area (Å²) in [6.07, 6.45) is 1.52. The topological polar surface area (TPSA) is 93.3 Å². The van der Waals surface area contributed by atoms with Crippen LogP contribution in [0.15, 0.2) is 6.20 Å². The van der Waals surface area contributed by atoms with Gasteiger partial charge in [-0.15, -0.1) is 0 Å². The van der Waals surface area contributed by atoms with Gasteiger partial charge in [0, 0.05) is 7.11 Å². The minimum Gasteiger partial charge on any atom is -0.462 e. The largest absolute Gasteiger partial charge is 0.462 e. The number of aromatic amines is 1. The highest BCUT2D eigenvalue weighted by atomic mass is 16.5. The molecule has 1 aromatic rings. The van der Waals surface area contributed by atoms with Crippen molar-refractivity contribution < 1.29 is 19.1 Å². The Kier molecular flexibility index (Phi) is 5.15. The third-order valence-electron chi connectivity index (χ3n) is 1.93. The van der Waals surface area contributed by atoms with Crippen molar-refractivity contribution in [1.82, 2.24) is 10.2 Å². The van der Waals surface area contributed by atoms with E-state index in [-0.39, 0.29) is 30.3 Å². The van der Waals surface area contributed by atoms with Gasteiger partial charge in [-0.1, -0.05) is 0 Å². The Labute approximate surface area is 98.5 Å². The number of methoxy groups -OCH3 is 1. The number of H-pyrrole nitrogens is 1. The highest BCUT2D eigenvalue weighted by Gasteiger charge is 2.16. The summed E-state index contributed by atoms with van der Waals surface area (Å²) >= 11 is 0. The van der Waals surface area contributed by atoms with Crippen LogP contribution < -0.4 is 5.32 Å². The van der Waals surface area contributed by atoms with Crippen molar-refractivity contribution in [3.05, 3.63) is 11.8 Å². The van der Waals surface area contributed by atoms with Crippen LogP contribution in [0.1, 0.15) is 23.7 Å². The number of anilines is 1. The SMILES string of the molecule is CCOC(=O)c1cn[nH]c1NC(=O)CCOC. The Hall–Kier alpha value is -1.89. The molecular weight excluding hydrogens is 226 g/mol. The van der Waals surface area contributed by atoms with Crippen LogP contribution in [0, 0.1) is 0 Å². The monoisotopic (exact) mass is 241 g/mol. The van der Waals surface area contributed by atoms with Crippen LogP contribution in [0.3, 0.4) is 0 Å². The van der Waals surface area contributed by atoms with Crippen molar-refractivity contribution in [2.24, 2.45) is 0 Å². The molecule has 0 aliphatic rings. The van der Waals surface area contributed by atoms with Crippen molar-refractivity contribution in [1.29, 1.82) is 0 Å². The second-order valence-corrected chi connectivity index (χ2v) is 3.17. The summed E-state index contributed by atoms with van der Waals surface area (Å²) in [7, 11) is 1.51. The van der Waals surface area contributed by atoms with E-state index in [0.29, 0.717) is 6.61 Å². The van der Waals surface area contributed by atoms with Gasteiger partial charge in [-0.05, 0) is 6.92 Å². The second-order valence-electron chi connectivity index (χ2n) is 3.17. The van der Waals surface area contributed by atoms with Gasteiger partial charge in [-0.25, -0.2) is 4.79 Å². The van der Waals surface area contributed by atoms with Gasteiger partial charge in [0.2, 0.25) is 5.91 Å². The highest BCUT2D eigenvalue weighted by Crippen LogP contribution is 2.12. The van der Waals surface area contributed by atoms with Crippen LogP contribution >= 0.6 is 0 Å². The number of esters is 1. The summed E-state index contributed by atoms with van der Waals surface area (Å²) in [5, 5.41) is 8.74. The summed E-state index contributed by atoms with van der Waals surface area (Å²) in [4.78, 5) is 22.9. The maximum Gasteiger partial charge on any atom is 0.343 e. The van der Waals surface area contributed by atoms with Crippen molar-refractivity contribution in [2.75, 3.05) is 25.6 Å². The quantitative estimate of drug-likeness (QED) is 0.710. The molecule has 0 unspecified atom stereocenters. The number of hydrogen-bond acceptors (Lipinski definition) is 5. The first-order valence-corrected chi connectivity index (χ1v) is 5.18. The lowest BCUT2D eigenvalue weighted by molar-refractivity contribution is -0.117. The minimum atomic E-state index is -0.525. The van der Waals surface area contributed by atoms with E-state index in [0.717, 1.165) is 0 Å². The Morgan fingerprint density at radius 3 is 2.94 bits per heavy atom. The lowest BCUT2D eigenvalue weighted by Crippen LogP contribution is -2.16. The molecule has 0 aromatic carbocycles. The number of nitrogens with one attached hydrogen (secondary N) is 2. The molecular formula is C10H15N3O4. The van der Waals surface area contributed by atoms with Crippen LogP contribution in [-0.2, 0) is 14.3 Å². The molecule has 1 aromatic heterocycles. The number of ether oxygens (including phenoxy) is 2. The fourth-order valence-electron chi connectivity index (χ4n) is 1.14. The summed E-state index contributed by atoms with van der Waals surface area (Å²) in [6, 6.07) is 0. The fourth-order valence-corrected chi connectivity index (χ4v) is 1.14. The van der Waals surface area contributed by atoms with Crippen LogP contribution in [0.5, 0.6) is 0 Å². The zero-order valence-electron chi connectivity index (χ0n) is 9.78. The van der Waals surface area contributed by atoms with Crippen molar-refractivity contribution in [3.8, 4) is 0 Å². The van der Waals surface area contributed by atoms with E-state index >= 15 is 0 Å². The number of carbonyl (C=O) groups excluding carboxylic acids is 2. The molecule has 7 heteroatoms. The first kappa shape index (κ1) is 13.2. The molecule has 1 heterocycles. The van der Waals surface area contributed by atoms with Gasteiger partial charge >= 0.3 is 5.97 Å². The smallest absolute Gasteiger partial charge is 0.343 e. The van der Waals surface area contributed by atoms with Gasteiger partial charge in [-0.2, -0.15) is 5.10 Å². The minimum absolute atomic E-state index is 0.206. The Morgan fingerprint density at radius 2 is 2.29 bits per heavy atom. The van der Waals surface area contributed by atoms with Gasteiger partial charge < -0.3 is 14.8 Å². The van der Waals surface area contributed by atoms with E-state index in [9.17, 15) is 9.59 Å². The van der Waals surface area contributed by atoms with Gasteiger partial charge in [0.25, 0.3) is 0 Å². The highest BCUT2D eigenvalue weighted by molar-refractivity contribution is 5.99. The van der Waals surface area contributed by atoms with E-state index in [1.165, 1.54) is 13.3 Å². The summed E-state index contributed by atoms with van der Waals surface area (Å²) in [6.45, 7) is 2.28. The van der Waals surface area contributed by atoms with E-state index in [2.05, 4.69) is 15.5 Å². The summed E-state index contributed by atoms with van der Waals surface area (Å²) < 4.78 is 9.58. The Morgan fingerprint density at radius 1 is 1.53 bits per heavy atom. The molecule has 1 rings (SSSR count). The van der Waals surface area contributed by atoms with Gasteiger partial charge in [-0.3, -0.25) is 9.89 Å². The molecule has 2 N–H and O–H groups in total. The van der Waals surface area contributed by atoms with Gasteiger partial charge in [0.05, 0.1) is 25.8 Å². The third-order valence-corrected chi connectivity index (χ3v) is 1.93. The van der Waals surface area contributed by atoms with Crippen LogP contribution in [0.25, 0.3) is 0 Å². The van der Waals surface area contributed by atoms with E-state index < -0.39 is 5.97 Å². The predicted octanol–water partition coefficient (Wildman–Crippen LogP) is 0.561. The molecule has 7 nitrogen and oxygen atoms in total. The number of amides is 1. The second kappa shape index (κ2) is 6.64. The molecule has 0 bridgehead atoms. The predicted molar refractivity (Wildman–Crippen MR) is 59.7 cm³/mol. The standard InChI is InChI=1S/C10H15N3O4/c1-3-17-10(15)7-6-11-13-9(7)12-8(14)4-5-16-2/h6H,3-5H2,1-2H3,(H2,11,12,13,14). The van der Waals surface area contributed by atoms with Crippen LogP contribution in [0.4, 0.5) is 5.82 Å². The number of rotatable bonds is 6. The molecule has 1 amide bonds. The summed E-state index contributed by atoms with van der Waals surface area (Å²) in [5.41, 5.74) is 0.206. The van der Waals surface area contributed by atoms with Crippen LogP contribution in [0.2, 0.25) is 0 Å². The average Bonchev–Trinajstić information content (AvgIpc) is 2.75. The van der Waals surface area contributed by atoms with Crippen molar-refractivity contribution in [3.63, 3.8) is 0 Å². The number of carbonyl (C=O) groups is 2. The summed E-state index contributed by atoms with van der Waals surface area (Å²) in [5.74, 6) is -0.547. The van der Waals surface area contributed by atoms with Crippen LogP contribution in [-0.4, -0.2) is 42.4 Å². The first-order valence-electron chi connectivity index (χ1n) is 5.18.